The molecule has 0 spiro atoms. The summed E-state index contributed by atoms with van der Waals surface area (Å²) in [6.07, 6.45) is 0.781. The molecular formula is C25H33FN2O6. The normalized spacial score (nSPS) is 19.6. The summed E-state index contributed by atoms with van der Waals surface area (Å²) in [4.78, 5) is 29.6. The molecule has 9 heteroatoms. The standard InChI is InChI=1S/C25H33FN2O6/c1-25(2,3)34-24(32)28-10-9-15(16(14-28)11-22(30)31)5-8-21(29)23-18-12-17(33-4)6-7-20(18)27-13-19(23)26/h6-7,12-13,15-16,21,29H,5,8-11,14H2,1-4H3,(H,30,31)/t15?,16?,21-/m1/s1. The van der Waals surface area contributed by atoms with Gasteiger partial charge in [0.1, 0.15) is 17.2 Å². The minimum atomic E-state index is -1.09. The van der Waals surface area contributed by atoms with Crippen molar-refractivity contribution in [3.8, 4) is 5.75 Å². The van der Waals surface area contributed by atoms with Crippen molar-refractivity contribution in [3.05, 3.63) is 35.8 Å². The molecule has 1 saturated heterocycles. The van der Waals surface area contributed by atoms with E-state index in [0.717, 1.165) is 6.20 Å². The highest BCUT2D eigenvalue weighted by Crippen LogP contribution is 2.36. The van der Waals surface area contributed by atoms with E-state index in [2.05, 4.69) is 4.98 Å². The zero-order valence-electron chi connectivity index (χ0n) is 20.1. The van der Waals surface area contributed by atoms with Crippen LogP contribution < -0.4 is 4.74 Å². The fraction of sp³-hybridized carbons (Fsp3) is 0.560. The number of hydrogen-bond acceptors (Lipinski definition) is 6. The summed E-state index contributed by atoms with van der Waals surface area (Å²) >= 11 is 0. The molecule has 0 bridgehead atoms. The van der Waals surface area contributed by atoms with Gasteiger partial charge in [0.05, 0.1) is 31.3 Å². The largest absolute Gasteiger partial charge is 0.497 e. The Morgan fingerprint density at radius 3 is 2.68 bits per heavy atom. The first-order valence-electron chi connectivity index (χ1n) is 11.5. The highest BCUT2D eigenvalue weighted by molar-refractivity contribution is 5.84. The predicted molar refractivity (Wildman–Crippen MR) is 124 cm³/mol. The molecule has 2 aromatic rings. The smallest absolute Gasteiger partial charge is 0.410 e. The molecule has 3 atom stereocenters. The van der Waals surface area contributed by atoms with E-state index in [0.29, 0.717) is 36.0 Å². The fourth-order valence-electron chi connectivity index (χ4n) is 4.56. The number of fused-ring (bicyclic) bond motifs is 1. The Morgan fingerprint density at radius 2 is 2.03 bits per heavy atom. The molecule has 1 aliphatic heterocycles. The zero-order chi connectivity index (χ0) is 25.0. The number of hydrogen-bond donors (Lipinski definition) is 2. The van der Waals surface area contributed by atoms with Gasteiger partial charge in [0.25, 0.3) is 0 Å². The van der Waals surface area contributed by atoms with Crippen molar-refractivity contribution >= 4 is 23.0 Å². The average molecular weight is 477 g/mol. The number of nitrogens with zero attached hydrogens (tertiary/aromatic N) is 2. The fourth-order valence-corrected chi connectivity index (χ4v) is 4.56. The third-order valence-corrected chi connectivity index (χ3v) is 6.19. The maximum atomic E-state index is 14.7. The number of carboxylic acids is 1. The molecular weight excluding hydrogens is 443 g/mol. The Labute approximate surface area is 198 Å². The minimum absolute atomic E-state index is 0.0323. The SMILES string of the molecule is COc1ccc2ncc(F)c([C@H](O)CCC3CCN(C(=O)OC(C)(C)C)CC3CC(=O)O)c2c1. The maximum Gasteiger partial charge on any atom is 0.410 e. The number of benzene rings is 1. The molecule has 1 aromatic heterocycles. The molecule has 2 heterocycles. The summed E-state index contributed by atoms with van der Waals surface area (Å²) < 4.78 is 25.4. The third-order valence-electron chi connectivity index (χ3n) is 6.19. The number of aliphatic carboxylic acids is 1. The second kappa shape index (κ2) is 10.5. The Kier molecular flexibility index (Phi) is 7.97. The first-order chi connectivity index (χ1) is 16.0. The van der Waals surface area contributed by atoms with Gasteiger partial charge in [-0.15, -0.1) is 0 Å². The first kappa shape index (κ1) is 25.7. The van der Waals surface area contributed by atoms with Gasteiger partial charge in [-0.3, -0.25) is 9.78 Å². The molecule has 0 saturated carbocycles. The summed E-state index contributed by atoms with van der Waals surface area (Å²) in [6.45, 7) is 6.06. The highest BCUT2D eigenvalue weighted by Gasteiger charge is 2.35. The maximum absolute atomic E-state index is 14.7. The van der Waals surface area contributed by atoms with Gasteiger partial charge in [-0.1, -0.05) is 0 Å². The van der Waals surface area contributed by atoms with Crippen molar-refractivity contribution in [2.45, 2.75) is 58.2 Å². The van der Waals surface area contributed by atoms with Crippen LogP contribution in [-0.4, -0.2) is 58.0 Å². The van der Waals surface area contributed by atoms with Crippen molar-refractivity contribution in [1.82, 2.24) is 9.88 Å². The van der Waals surface area contributed by atoms with Crippen molar-refractivity contribution in [2.75, 3.05) is 20.2 Å². The van der Waals surface area contributed by atoms with Crippen LogP contribution in [0.15, 0.2) is 24.4 Å². The molecule has 2 unspecified atom stereocenters. The van der Waals surface area contributed by atoms with Crippen LogP contribution in [0.4, 0.5) is 9.18 Å². The van der Waals surface area contributed by atoms with Gasteiger partial charge in [-0.25, -0.2) is 9.18 Å². The van der Waals surface area contributed by atoms with Gasteiger partial charge in [0.15, 0.2) is 0 Å². The third kappa shape index (κ3) is 6.34. The summed E-state index contributed by atoms with van der Waals surface area (Å²) in [7, 11) is 1.51. The van der Waals surface area contributed by atoms with Crippen LogP contribution in [0.25, 0.3) is 10.9 Å². The number of likely N-dealkylation sites (tertiary alicyclic amines) is 1. The number of aliphatic hydroxyl groups is 1. The lowest BCUT2D eigenvalue weighted by Crippen LogP contribution is -2.46. The Bertz CT molecular complexity index is 1040. The number of halogens is 1. The summed E-state index contributed by atoms with van der Waals surface area (Å²) in [5.74, 6) is -1.33. The van der Waals surface area contributed by atoms with E-state index in [-0.39, 0.29) is 36.8 Å². The van der Waals surface area contributed by atoms with E-state index in [4.69, 9.17) is 9.47 Å². The van der Waals surface area contributed by atoms with E-state index in [9.17, 15) is 24.2 Å². The molecule has 8 nitrogen and oxygen atoms in total. The molecule has 3 rings (SSSR count). The number of aromatic nitrogens is 1. The number of piperidine rings is 1. The van der Waals surface area contributed by atoms with E-state index in [1.54, 1.807) is 43.9 Å². The molecule has 1 aromatic carbocycles. The Hall–Kier alpha value is -2.94. The predicted octanol–water partition coefficient (Wildman–Crippen LogP) is 4.54. The topological polar surface area (TPSA) is 109 Å². The van der Waals surface area contributed by atoms with Crippen LogP contribution in [0.5, 0.6) is 5.75 Å². The van der Waals surface area contributed by atoms with Gasteiger partial charge in [0.2, 0.25) is 0 Å². The van der Waals surface area contributed by atoms with Gasteiger partial charge < -0.3 is 24.6 Å². The number of carbonyl (C=O) groups excluding carboxylic acids is 1. The van der Waals surface area contributed by atoms with E-state index >= 15 is 0 Å². The molecule has 1 aliphatic rings. The molecule has 34 heavy (non-hydrogen) atoms. The summed E-state index contributed by atoms with van der Waals surface area (Å²) in [5, 5.41) is 20.8. The minimum Gasteiger partial charge on any atom is -0.497 e. The van der Waals surface area contributed by atoms with E-state index < -0.39 is 29.6 Å². The first-order valence-corrected chi connectivity index (χ1v) is 11.5. The lowest BCUT2D eigenvalue weighted by molar-refractivity contribution is -0.139. The second-order valence-corrected chi connectivity index (χ2v) is 9.83. The highest BCUT2D eigenvalue weighted by atomic mass is 19.1. The van der Waals surface area contributed by atoms with Crippen LogP contribution in [0.2, 0.25) is 0 Å². The zero-order valence-corrected chi connectivity index (χ0v) is 20.1. The summed E-state index contributed by atoms with van der Waals surface area (Å²) in [5.41, 5.74) is 0.0657. The van der Waals surface area contributed by atoms with Gasteiger partial charge in [0, 0.05) is 24.0 Å². The molecule has 1 fully saturated rings. The number of ether oxygens (including phenoxy) is 2. The van der Waals surface area contributed by atoms with Crippen LogP contribution in [0.1, 0.15) is 58.1 Å². The van der Waals surface area contributed by atoms with Crippen molar-refractivity contribution < 1.29 is 33.7 Å². The van der Waals surface area contributed by atoms with E-state index in [1.165, 1.54) is 7.11 Å². The van der Waals surface area contributed by atoms with Gasteiger partial charge in [-0.2, -0.15) is 0 Å². The number of carboxylic acid groups (broad SMARTS) is 1. The number of pyridine rings is 1. The van der Waals surface area contributed by atoms with E-state index in [1.807, 2.05) is 0 Å². The number of rotatable bonds is 7. The van der Waals surface area contributed by atoms with Gasteiger partial charge >= 0.3 is 12.1 Å². The van der Waals surface area contributed by atoms with Crippen LogP contribution in [-0.2, 0) is 9.53 Å². The number of aliphatic hydroxyl groups excluding tert-OH is 1. The Balaban J connectivity index is 1.73. The van der Waals surface area contributed by atoms with Gasteiger partial charge in [-0.05, 0) is 70.1 Å². The Morgan fingerprint density at radius 1 is 1.29 bits per heavy atom. The van der Waals surface area contributed by atoms with Crippen LogP contribution >= 0.6 is 0 Å². The van der Waals surface area contributed by atoms with Crippen LogP contribution in [0, 0.1) is 17.7 Å². The monoisotopic (exact) mass is 476 g/mol. The average Bonchev–Trinajstić information content (AvgIpc) is 2.75. The molecule has 2 N–H and O–H groups in total. The van der Waals surface area contributed by atoms with Crippen LogP contribution in [0.3, 0.4) is 0 Å². The number of amides is 1. The quantitative estimate of drug-likeness (QED) is 0.604. The molecule has 1 amide bonds. The number of methoxy groups -OCH3 is 1. The lowest BCUT2D eigenvalue weighted by atomic mass is 9.79. The molecule has 0 radical (unpaired) electrons. The summed E-state index contributed by atoms with van der Waals surface area (Å²) in [6, 6.07) is 5.08. The van der Waals surface area contributed by atoms with Crippen molar-refractivity contribution in [3.63, 3.8) is 0 Å². The second-order valence-electron chi connectivity index (χ2n) is 9.83. The number of carbonyl (C=O) groups is 2. The molecule has 186 valence electrons. The molecule has 0 aliphatic carbocycles. The lowest BCUT2D eigenvalue weighted by Gasteiger charge is -2.39. The van der Waals surface area contributed by atoms with Crippen molar-refractivity contribution in [2.24, 2.45) is 11.8 Å². The van der Waals surface area contributed by atoms with Crippen molar-refractivity contribution in [1.29, 1.82) is 0 Å².